The lowest BCUT2D eigenvalue weighted by atomic mass is 10.2. The fourth-order valence-corrected chi connectivity index (χ4v) is 3.31. The van der Waals surface area contributed by atoms with Crippen molar-refractivity contribution in [1.29, 1.82) is 0 Å². The molecule has 3 rings (SSSR count). The van der Waals surface area contributed by atoms with E-state index in [1.54, 1.807) is 42.7 Å². The summed E-state index contributed by atoms with van der Waals surface area (Å²) in [6, 6.07) is 15.5. The normalized spacial score (nSPS) is 10.4. The quantitative estimate of drug-likeness (QED) is 0.643. The van der Waals surface area contributed by atoms with Crippen molar-refractivity contribution in [3.05, 3.63) is 65.2 Å². The van der Waals surface area contributed by atoms with Crippen molar-refractivity contribution in [2.45, 2.75) is 13.3 Å². The molecule has 0 aliphatic rings. The molecule has 6 heteroatoms. The number of hydrogen-bond donors (Lipinski definition) is 1. The first-order chi connectivity index (χ1) is 13.1. The first kappa shape index (κ1) is 18.9. The van der Waals surface area contributed by atoms with Crippen molar-refractivity contribution in [3.8, 4) is 22.1 Å². The zero-order valence-corrected chi connectivity index (χ0v) is 16.2. The summed E-state index contributed by atoms with van der Waals surface area (Å²) in [4.78, 5) is 16.6. The first-order valence-corrected chi connectivity index (χ1v) is 9.57. The Hall–Kier alpha value is -2.86. The number of carbonyl (C=O) groups excluding carboxylic acids is 1. The van der Waals surface area contributed by atoms with Crippen LogP contribution in [0.1, 0.15) is 11.3 Å². The second-order valence-corrected chi connectivity index (χ2v) is 6.93. The van der Waals surface area contributed by atoms with E-state index in [4.69, 9.17) is 9.47 Å². The molecular formula is C21H22N2O3S. The van der Waals surface area contributed by atoms with Gasteiger partial charge in [0, 0.05) is 23.9 Å². The fourth-order valence-electron chi connectivity index (χ4n) is 2.45. The van der Waals surface area contributed by atoms with Crippen LogP contribution in [0.3, 0.4) is 0 Å². The molecule has 1 aromatic heterocycles. The van der Waals surface area contributed by atoms with Crippen LogP contribution >= 0.6 is 11.3 Å². The third-order valence-electron chi connectivity index (χ3n) is 3.98. The highest BCUT2D eigenvalue weighted by molar-refractivity contribution is 7.13. The second kappa shape index (κ2) is 9.19. The Kier molecular flexibility index (Phi) is 6.44. The number of amides is 1. The molecule has 0 atom stereocenters. The zero-order chi connectivity index (χ0) is 19.1. The number of nitrogens with one attached hydrogen (secondary N) is 1. The average molecular weight is 382 g/mol. The van der Waals surface area contributed by atoms with Gasteiger partial charge in [0.25, 0.3) is 5.91 Å². The van der Waals surface area contributed by atoms with Gasteiger partial charge in [0.1, 0.15) is 16.5 Å². The summed E-state index contributed by atoms with van der Waals surface area (Å²) in [5.41, 5.74) is 3.33. The largest absolute Gasteiger partial charge is 0.497 e. The van der Waals surface area contributed by atoms with Crippen molar-refractivity contribution in [1.82, 2.24) is 10.3 Å². The molecule has 0 aliphatic heterocycles. The van der Waals surface area contributed by atoms with Gasteiger partial charge in [0.05, 0.1) is 12.8 Å². The molecular weight excluding hydrogens is 360 g/mol. The number of benzene rings is 2. The zero-order valence-electron chi connectivity index (χ0n) is 15.4. The Bertz CT molecular complexity index is 873. The number of carbonyl (C=O) groups is 1. The molecule has 3 aromatic rings. The van der Waals surface area contributed by atoms with Crippen LogP contribution in [-0.4, -0.2) is 31.2 Å². The summed E-state index contributed by atoms with van der Waals surface area (Å²) < 4.78 is 10.5. The summed E-state index contributed by atoms with van der Waals surface area (Å²) in [6.45, 7) is 2.58. The standard InChI is InChI=1S/C21H22N2O3S/c1-15-3-5-16(6-4-15)21-23-17(14-27-21)11-12-22-20(24)13-26-19-9-7-18(25-2)8-10-19/h3-10,14H,11-13H2,1-2H3,(H,22,24). The highest BCUT2D eigenvalue weighted by Crippen LogP contribution is 2.24. The minimum atomic E-state index is -0.153. The Balaban J connectivity index is 1.41. The summed E-state index contributed by atoms with van der Waals surface area (Å²) >= 11 is 1.62. The minimum Gasteiger partial charge on any atom is -0.497 e. The van der Waals surface area contributed by atoms with Gasteiger partial charge < -0.3 is 14.8 Å². The van der Waals surface area contributed by atoms with E-state index < -0.39 is 0 Å². The highest BCUT2D eigenvalue weighted by Gasteiger charge is 2.06. The molecule has 27 heavy (non-hydrogen) atoms. The number of ether oxygens (including phenoxy) is 2. The van der Waals surface area contributed by atoms with Gasteiger partial charge >= 0.3 is 0 Å². The van der Waals surface area contributed by atoms with Gasteiger partial charge in [-0.1, -0.05) is 29.8 Å². The van der Waals surface area contributed by atoms with Gasteiger partial charge in [0.15, 0.2) is 6.61 Å². The number of thiazole rings is 1. The predicted octanol–water partition coefficient (Wildman–Crippen LogP) is 3.86. The fraction of sp³-hybridized carbons (Fsp3) is 0.238. The van der Waals surface area contributed by atoms with Crippen molar-refractivity contribution < 1.29 is 14.3 Å². The van der Waals surface area contributed by atoms with Gasteiger partial charge in [-0.3, -0.25) is 4.79 Å². The highest BCUT2D eigenvalue weighted by atomic mass is 32.1. The Morgan fingerprint density at radius 3 is 2.48 bits per heavy atom. The molecule has 0 saturated carbocycles. The maximum absolute atomic E-state index is 11.9. The van der Waals surface area contributed by atoms with Crippen molar-refractivity contribution in [2.24, 2.45) is 0 Å². The maximum atomic E-state index is 11.9. The summed E-state index contributed by atoms with van der Waals surface area (Å²) in [5, 5.41) is 5.89. The van der Waals surface area contributed by atoms with Crippen LogP contribution in [0.15, 0.2) is 53.9 Å². The van der Waals surface area contributed by atoms with Crippen LogP contribution in [0.25, 0.3) is 10.6 Å². The molecule has 2 aromatic carbocycles. The van der Waals surface area contributed by atoms with Gasteiger partial charge in [-0.25, -0.2) is 4.98 Å². The van der Waals surface area contributed by atoms with E-state index in [2.05, 4.69) is 41.5 Å². The van der Waals surface area contributed by atoms with E-state index >= 15 is 0 Å². The maximum Gasteiger partial charge on any atom is 0.257 e. The summed E-state index contributed by atoms with van der Waals surface area (Å²) in [6.07, 6.45) is 0.691. The third-order valence-corrected chi connectivity index (χ3v) is 4.92. The van der Waals surface area contributed by atoms with Gasteiger partial charge in [-0.15, -0.1) is 11.3 Å². The Morgan fingerprint density at radius 1 is 1.07 bits per heavy atom. The topological polar surface area (TPSA) is 60.5 Å². The van der Waals surface area contributed by atoms with E-state index in [9.17, 15) is 4.79 Å². The molecule has 0 radical (unpaired) electrons. The monoisotopic (exact) mass is 382 g/mol. The minimum absolute atomic E-state index is 0.0159. The van der Waals surface area contributed by atoms with Gasteiger partial charge in [0.2, 0.25) is 0 Å². The van der Waals surface area contributed by atoms with E-state index in [0.717, 1.165) is 22.0 Å². The van der Waals surface area contributed by atoms with Crippen molar-refractivity contribution >= 4 is 17.2 Å². The Labute approximate surface area is 163 Å². The van der Waals surface area contributed by atoms with Crippen LogP contribution in [0, 0.1) is 6.92 Å². The van der Waals surface area contributed by atoms with Crippen LogP contribution in [-0.2, 0) is 11.2 Å². The molecule has 5 nitrogen and oxygen atoms in total. The van der Waals surface area contributed by atoms with Crippen LogP contribution < -0.4 is 14.8 Å². The lowest BCUT2D eigenvalue weighted by molar-refractivity contribution is -0.123. The number of methoxy groups -OCH3 is 1. The molecule has 1 N–H and O–H groups in total. The number of aryl methyl sites for hydroxylation is 1. The molecule has 0 aliphatic carbocycles. The van der Waals surface area contributed by atoms with Crippen molar-refractivity contribution in [3.63, 3.8) is 0 Å². The van der Waals surface area contributed by atoms with Gasteiger partial charge in [-0.2, -0.15) is 0 Å². The molecule has 1 amide bonds. The first-order valence-electron chi connectivity index (χ1n) is 8.69. The molecule has 140 valence electrons. The summed E-state index contributed by atoms with van der Waals surface area (Å²) in [5.74, 6) is 1.23. The van der Waals surface area contributed by atoms with E-state index in [1.165, 1.54) is 5.56 Å². The van der Waals surface area contributed by atoms with Gasteiger partial charge in [-0.05, 0) is 31.2 Å². The smallest absolute Gasteiger partial charge is 0.257 e. The average Bonchev–Trinajstić information content (AvgIpc) is 3.16. The van der Waals surface area contributed by atoms with Crippen LogP contribution in [0.4, 0.5) is 0 Å². The molecule has 0 saturated heterocycles. The number of aromatic nitrogens is 1. The molecule has 0 unspecified atom stereocenters. The lowest BCUT2D eigenvalue weighted by Gasteiger charge is -2.07. The predicted molar refractivity (Wildman–Crippen MR) is 107 cm³/mol. The SMILES string of the molecule is COc1ccc(OCC(=O)NCCc2csc(-c3ccc(C)cc3)n2)cc1. The van der Waals surface area contributed by atoms with Crippen molar-refractivity contribution in [2.75, 3.05) is 20.3 Å². The van der Waals surface area contributed by atoms with Crippen LogP contribution in [0.2, 0.25) is 0 Å². The number of rotatable bonds is 8. The van der Waals surface area contributed by atoms with Crippen LogP contribution in [0.5, 0.6) is 11.5 Å². The molecule has 0 bridgehead atoms. The molecule has 1 heterocycles. The lowest BCUT2D eigenvalue weighted by Crippen LogP contribution is -2.30. The number of nitrogens with zero attached hydrogens (tertiary/aromatic N) is 1. The van der Waals surface area contributed by atoms with E-state index in [1.807, 2.05) is 5.38 Å². The third kappa shape index (κ3) is 5.56. The van der Waals surface area contributed by atoms with E-state index in [0.29, 0.717) is 18.7 Å². The molecule has 0 spiro atoms. The number of hydrogen-bond acceptors (Lipinski definition) is 5. The Morgan fingerprint density at radius 2 is 1.78 bits per heavy atom. The second-order valence-electron chi connectivity index (χ2n) is 6.07. The summed E-state index contributed by atoms with van der Waals surface area (Å²) in [7, 11) is 1.61. The molecule has 0 fully saturated rings. The van der Waals surface area contributed by atoms with E-state index in [-0.39, 0.29) is 12.5 Å².